The number of likely N-dealkylation sites (N-methyl/N-ethyl adjacent to an activating group) is 1. The standard InChI is InChI=1S/C15H22N2O2/c1-12-8-10-17(13-6-4-3-5-7-13)15(19)14(9-11-18)16(12)2/h3-7,12,14,18H,8-11H2,1-2H3. The van der Waals surface area contributed by atoms with Gasteiger partial charge in [-0.2, -0.15) is 0 Å². The molecule has 2 atom stereocenters. The van der Waals surface area contributed by atoms with Crippen LogP contribution in [0, 0.1) is 0 Å². The van der Waals surface area contributed by atoms with Crippen LogP contribution in [0.1, 0.15) is 19.8 Å². The molecule has 1 amide bonds. The van der Waals surface area contributed by atoms with Gasteiger partial charge in [0.1, 0.15) is 0 Å². The Morgan fingerprint density at radius 3 is 2.63 bits per heavy atom. The zero-order valence-electron chi connectivity index (χ0n) is 11.6. The number of carbonyl (C=O) groups excluding carboxylic acids is 1. The van der Waals surface area contributed by atoms with Crippen molar-refractivity contribution < 1.29 is 9.90 Å². The number of hydrogen-bond donors (Lipinski definition) is 1. The average Bonchev–Trinajstić information content (AvgIpc) is 2.53. The molecule has 4 nitrogen and oxygen atoms in total. The van der Waals surface area contributed by atoms with Crippen molar-refractivity contribution in [2.75, 3.05) is 25.1 Å². The topological polar surface area (TPSA) is 43.8 Å². The predicted molar refractivity (Wildman–Crippen MR) is 76.1 cm³/mol. The van der Waals surface area contributed by atoms with Crippen LogP contribution in [0.3, 0.4) is 0 Å². The number of amides is 1. The van der Waals surface area contributed by atoms with E-state index in [0.29, 0.717) is 12.5 Å². The largest absolute Gasteiger partial charge is 0.396 e. The van der Waals surface area contributed by atoms with Crippen LogP contribution in [0.5, 0.6) is 0 Å². The molecule has 1 aliphatic heterocycles. The summed E-state index contributed by atoms with van der Waals surface area (Å²) < 4.78 is 0. The Labute approximate surface area is 114 Å². The third-order valence-electron chi connectivity index (χ3n) is 3.98. The van der Waals surface area contributed by atoms with Crippen molar-refractivity contribution in [2.24, 2.45) is 0 Å². The van der Waals surface area contributed by atoms with Gasteiger partial charge >= 0.3 is 0 Å². The lowest BCUT2D eigenvalue weighted by Gasteiger charge is -2.30. The van der Waals surface area contributed by atoms with Gasteiger partial charge in [0, 0.05) is 24.9 Å². The number of benzene rings is 1. The van der Waals surface area contributed by atoms with Crippen molar-refractivity contribution in [1.82, 2.24) is 4.90 Å². The summed E-state index contributed by atoms with van der Waals surface area (Å²) in [6, 6.07) is 9.88. The lowest BCUT2D eigenvalue weighted by molar-refractivity contribution is -0.123. The maximum atomic E-state index is 12.7. The SMILES string of the molecule is CC1CCN(c2ccccc2)C(=O)C(CCO)N1C. The van der Waals surface area contributed by atoms with Crippen LogP contribution in [-0.2, 0) is 4.79 Å². The summed E-state index contributed by atoms with van der Waals surface area (Å²) >= 11 is 0. The number of anilines is 1. The van der Waals surface area contributed by atoms with Crippen LogP contribution >= 0.6 is 0 Å². The van der Waals surface area contributed by atoms with Crippen LogP contribution in [0.15, 0.2) is 30.3 Å². The first-order valence-electron chi connectivity index (χ1n) is 6.84. The van der Waals surface area contributed by atoms with Crippen LogP contribution < -0.4 is 4.90 Å². The average molecular weight is 262 g/mol. The lowest BCUT2D eigenvalue weighted by Crippen LogP contribution is -2.46. The Balaban J connectivity index is 2.28. The molecular formula is C15H22N2O2. The number of hydrogen-bond acceptors (Lipinski definition) is 3. The number of rotatable bonds is 3. The van der Waals surface area contributed by atoms with E-state index in [2.05, 4.69) is 11.8 Å². The number of aliphatic hydroxyl groups is 1. The Hall–Kier alpha value is -1.39. The van der Waals surface area contributed by atoms with Gasteiger partial charge in [-0.25, -0.2) is 0 Å². The summed E-state index contributed by atoms with van der Waals surface area (Å²) in [6.07, 6.45) is 1.43. The molecule has 0 spiro atoms. The minimum Gasteiger partial charge on any atom is -0.396 e. The quantitative estimate of drug-likeness (QED) is 0.897. The summed E-state index contributed by atoms with van der Waals surface area (Å²) in [5.41, 5.74) is 0.943. The van der Waals surface area contributed by atoms with E-state index < -0.39 is 0 Å². The monoisotopic (exact) mass is 262 g/mol. The van der Waals surface area contributed by atoms with Crippen LogP contribution in [-0.4, -0.2) is 48.2 Å². The molecule has 19 heavy (non-hydrogen) atoms. The fourth-order valence-corrected chi connectivity index (χ4v) is 2.60. The molecule has 1 aliphatic rings. The molecular weight excluding hydrogens is 240 g/mol. The molecule has 1 fully saturated rings. The first-order valence-corrected chi connectivity index (χ1v) is 6.84. The van der Waals surface area contributed by atoms with Gasteiger partial charge in [-0.05, 0) is 38.9 Å². The molecule has 0 bridgehead atoms. The summed E-state index contributed by atoms with van der Waals surface area (Å²) in [6.45, 7) is 2.90. The molecule has 2 rings (SSSR count). The molecule has 0 saturated carbocycles. The van der Waals surface area contributed by atoms with Gasteiger partial charge in [0.05, 0.1) is 6.04 Å². The van der Waals surface area contributed by atoms with Gasteiger partial charge in [-0.1, -0.05) is 18.2 Å². The van der Waals surface area contributed by atoms with Gasteiger partial charge in [0.25, 0.3) is 0 Å². The van der Waals surface area contributed by atoms with Crippen LogP contribution in [0.25, 0.3) is 0 Å². The molecule has 1 aromatic rings. The summed E-state index contributed by atoms with van der Waals surface area (Å²) in [4.78, 5) is 16.6. The van der Waals surface area contributed by atoms with Gasteiger partial charge in [-0.3, -0.25) is 9.69 Å². The maximum Gasteiger partial charge on any atom is 0.244 e. The van der Waals surface area contributed by atoms with Crippen molar-refractivity contribution >= 4 is 11.6 Å². The molecule has 0 aliphatic carbocycles. The van der Waals surface area contributed by atoms with E-state index in [-0.39, 0.29) is 18.6 Å². The minimum atomic E-state index is -0.234. The highest BCUT2D eigenvalue weighted by atomic mass is 16.3. The Bertz CT molecular complexity index is 421. The normalized spacial score (nSPS) is 25.4. The summed E-state index contributed by atoms with van der Waals surface area (Å²) in [5, 5.41) is 9.19. The molecule has 4 heteroatoms. The lowest BCUT2D eigenvalue weighted by atomic mass is 10.1. The van der Waals surface area contributed by atoms with Gasteiger partial charge in [0.2, 0.25) is 5.91 Å². The van der Waals surface area contributed by atoms with E-state index in [1.807, 2.05) is 42.3 Å². The van der Waals surface area contributed by atoms with Crippen LogP contribution in [0.2, 0.25) is 0 Å². The minimum absolute atomic E-state index is 0.0378. The number of carbonyl (C=O) groups is 1. The van der Waals surface area contributed by atoms with E-state index in [1.165, 1.54) is 0 Å². The Morgan fingerprint density at radius 1 is 1.32 bits per heavy atom. The third kappa shape index (κ3) is 2.96. The zero-order valence-corrected chi connectivity index (χ0v) is 11.6. The van der Waals surface area contributed by atoms with E-state index in [0.717, 1.165) is 18.7 Å². The molecule has 104 valence electrons. The molecule has 0 radical (unpaired) electrons. The van der Waals surface area contributed by atoms with Crippen molar-refractivity contribution in [3.63, 3.8) is 0 Å². The first kappa shape index (κ1) is 14.0. The highest BCUT2D eigenvalue weighted by molar-refractivity contribution is 5.97. The number of para-hydroxylation sites is 1. The fraction of sp³-hybridized carbons (Fsp3) is 0.533. The smallest absolute Gasteiger partial charge is 0.244 e. The summed E-state index contributed by atoms with van der Waals surface area (Å²) in [5.74, 6) is 0.0899. The molecule has 2 unspecified atom stereocenters. The third-order valence-corrected chi connectivity index (χ3v) is 3.98. The predicted octanol–water partition coefficient (Wildman–Crippen LogP) is 1.49. The number of nitrogens with zero attached hydrogens (tertiary/aromatic N) is 2. The second-order valence-electron chi connectivity index (χ2n) is 5.16. The van der Waals surface area contributed by atoms with Gasteiger partial charge in [0.15, 0.2) is 0 Å². The molecule has 0 aromatic heterocycles. The van der Waals surface area contributed by atoms with E-state index in [4.69, 9.17) is 0 Å². The fourth-order valence-electron chi connectivity index (χ4n) is 2.60. The van der Waals surface area contributed by atoms with Gasteiger partial charge in [-0.15, -0.1) is 0 Å². The first-order chi connectivity index (χ1) is 9.15. The molecule has 1 N–H and O–H groups in total. The van der Waals surface area contributed by atoms with E-state index in [9.17, 15) is 9.90 Å². The van der Waals surface area contributed by atoms with Crippen molar-refractivity contribution in [3.8, 4) is 0 Å². The van der Waals surface area contributed by atoms with Crippen LogP contribution in [0.4, 0.5) is 5.69 Å². The van der Waals surface area contributed by atoms with Gasteiger partial charge < -0.3 is 10.0 Å². The number of aliphatic hydroxyl groups excluding tert-OH is 1. The summed E-state index contributed by atoms with van der Waals surface area (Å²) in [7, 11) is 1.97. The van der Waals surface area contributed by atoms with E-state index >= 15 is 0 Å². The Morgan fingerprint density at radius 2 is 2.00 bits per heavy atom. The second kappa shape index (κ2) is 6.17. The van der Waals surface area contributed by atoms with Crippen molar-refractivity contribution in [1.29, 1.82) is 0 Å². The maximum absolute atomic E-state index is 12.7. The Kier molecular flexibility index (Phi) is 4.56. The molecule has 1 heterocycles. The zero-order chi connectivity index (χ0) is 13.8. The second-order valence-corrected chi connectivity index (χ2v) is 5.16. The van der Waals surface area contributed by atoms with E-state index in [1.54, 1.807) is 0 Å². The molecule has 1 aromatic carbocycles. The molecule has 1 saturated heterocycles. The highest BCUT2D eigenvalue weighted by Gasteiger charge is 2.33. The highest BCUT2D eigenvalue weighted by Crippen LogP contribution is 2.23. The van der Waals surface area contributed by atoms with Crippen molar-refractivity contribution in [2.45, 2.75) is 31.8 Å². The van der Waals surface area contributed by atoms with Crippen molar-refractivity contribution in [3.05, 3.63) is 30.3 Å².